The van der Waals surface area contributed by atoms with Crippen LogP contribution in [0.2, 0.25) is 0 Å². The van der Waals surface area contributed by atoms with Gasteiger partial charge >= 0.3 is 0 Å². The number of nitrogens with one attached hydrogen (secondary N) is 2. The fraction of sp³-hybridized carbons (Fsp3) is 0.259. The van der Waals surface area contributed by atoms with E-state index in [-0.39, 0.29) is 5.25 Å². The number of sulfonamides is 1. The number of imidazole rings is 1. The van der Waals surface area contributed by atoms with Gasteiger partial charge in [0.15, 0.2) is 0 Å². The highest BCUT2D eigenvalue weighted by atomic mass is 32.2. The molecule has 4 aromatic rings. The van der Waals surface area contributed by atoms with Crippen LogP contribution in [0.1, 0.15) is 43.1 Å². The summed E-state index contributed by atoms with van der Waals surface area (Å²) in [6, 6.07) is 21.9. The molecule has 2 N–H and O–H groups in total. The summed E-state index contributed by atoms with van der Waals surface area (Å²) in [5, 5.41) is -0.240. The van der Waals surface area contributed by atoms with E-state index in [0.29, 0.717) is 11.6 Å². The Hall–Kier alpha value is -3.45. The standard InChI is InChI=1S/C27H26N4O2S/c1-17-4-2-7-24(28-17)26-25(29-27(30-26)19-8-9-19)21-6-3-5-20(16-21)18-10-12-22(13-11-18)31-34(32,33)23-14-15-23/h2-7,10-13,16,19,23,31H,8-9,14-15H2,1H3,(H,29,30). The molecule has 2 aromatic carbocycles. The summed E-state index contributed by atoms with van der Waals surface area (Å²) >= 11 is 0. The number of nitrogens with zero attached hydrogens (tertiary/aromatic N) is 2. The fourth-order valence-corrected chi connectivity index (χ4v) is 5.61. The minimum atomic E-state index is -3.26. The van der Waals surface area contributed by atoms with E-state index in [9.17, 15) is 8.42 Å². The van der Waals surface area contributed by atoms with Gasteiger partial charge in [-0.15, -0.1) is 0 Å². The summed E-state index contributed by atoms with van der Waals surface area (Å²) in [7, 11) is -3.26. The van der Waals surface area contributed by atoms with E-state index in [0.717, 1.165) is 58.1 Å². The molecule has 2 aliphatic rings. The molecule has 2 fully saturated rings. The lowest BCUT2D eigenvalue weighted by Crippen LogP contribution is -2.17. The third kappa shape index (κ3) is 4.23. The topological polar surface area (TPSA) is 87.7 Å². The highest BCUT2D eigenvalue weighted by molar-refractivity contribution is 7.93. The van der Waals surface area contributed by atoms with Gasteiger partial charge in [0.25, 0.3) is 0 Å². The maximum absolute atomic E-state index is 12.2. The number of aromatic nitrogens is 3. The minimum absolute atomic E-state index is 0.240. The summed E-state index contributed by atoms with van der Waals surface area (Å²) in [4.78, 5) is 13.3. The van der Waals surface area contributed by atoms with Gasteiger partial charge in [-0.1, -0.05) is 36.4 Å². The molecule has 0 atom stereocenters. The molecule has 6 nitrogen and oxygen atoms in total. The summed E-state index contributed by atoms with van der Waals surface area (Å²) in [6.07, 6.45) is 3.83. The molecule has 2 heterocycles. The molecule has 2 saturated carbocycles. The molecule has 0 aliphatic heterocycles. The molecular formula is C27H26N4O2S. The van der Waals surface area contributed by atoms with Gasteiger partial charge in [0, 0.05) is 22.9 Å². The van der Waals surface area contributed by atoms with E-state index >= 15 is 0 Å². The Balaban J connectivity index is 1.33. The normalized spacial score (nSPS) is 15.9. The maximum Gasteiger partial charge on any atom is 0.235 e. The Labute approximate surface area is 199 Å². The van der Waals surface area contributed by atoms with Gasteiger partial charge in [0.2, 0.25) is 10.0 Å². The van der Waals surface area contributed by atoms with Gasteiger partial charge in [-0.2, -0.15) is 0 Å². The molecule has 2 aliphatic carbocycles. The second-order valence-electron chi connectivity index (χ2n) is 9.29. The van der Waals surface area contributed by atoms with Crippen molar-refractivity contribution in [3.05, 3.63) is 78.2 Å². The lowest BCUT2D eigenvalue weighted by molar-refractivity contribution is 0.600. The molecule has 0 amide bonds. The van der Waals surface area contributed by atoms with E-state index in [4.69, 9.17) is 9.97 Å². The van der Waals surface area contributed by atoms with Crippen LogP contribution in [0.3, 0.4) is 0 Å². The summed E-state index contributed by atoms with van der Waals surface area (Å²) in [5.74, 6) is 1.54. The molecule has 0 bridgehead atoms. The Morgan fingerprint density at radius 2 is 1.59 bits per heavy atom. The van der Waals surface area contributed by atoms with Crippen LogP contribution in [0.25, 0.3) is 33.8 Å². The van der Waals surface area contributed by atoms with Crippen LogP contribution >= 0.6 is 0 Å². The smallest absolute Gasteiger partial charge is 0.235 e. The number of H-pyrrole nitrogens is 1. The van der Waals surface area contributed by atoms with Gasteiger partial charge in [0.1, 0.15) is 5.82 Å². The molecule has 7 heteroatoms. The van der Waals surface area contributed by atoms with Crippen molar-refractivity contribution in [1.82, 2.24) is 15.0 Å². The zero-order valence-electron chi connectivity index (χ0n) is 19.0. The average Bonchev–Trinajstić information content (AvgIpc) is 3.76. The van der Waals surface area contributed by atoms with E-state index in [2.05, 4.69) is 27.9 Å². The molecular weight excluding hydrogens is 444 g/mol. The van der Waals surface area contributed by atoms with Crippen molar-refractivity contribution in [2.24, 2.45) is 0 Å². The predicted molar refractivity (Wildman–Crippen MR) is 135 cm³/mol. The molecule has 2 aromatic heterocycles. The van der Waals surface area contributed by atoms with Crippen molar-refractivity contribution < 1.29 is 8.42 Å². The van der Waals surface area contributed by atoms with E-state index in [1.165, 1.54) is 12.8 Å². The predicted octanol–water partition coefficient (Wildman–Crippen LogP) is 5.90. The number of rotatable bonds is 7. The minimum Gasteiger partial charge on any atom is -0.340 e. The number of benzene rings is 2. The highest BCUT2D eigenvalue weighted by Crippen LogP contribution is 2.42. The molecule has 0 radical (unpaired) electrons. The average molecular weight is 471 g/mol. The fourth-order valence-electron chi connectivity index (χ4n) is 4.22. The van der Waals surface area contributed by atoms with Gasteiger partial charge in [-0.3, -0.25) is 9.71 Å². The van der Waals surface area contributed by atoms with E-state index in [1.54, 1.807) is 0 Å². The highest BCUT2D eigenvalue weighted by Gasteiger charge is 2.35. The number of hydrogen-bond donors (Lipinski definition) is 2. The van der Waals surface area contributed by atoms with Crippen molar-refractivity contribution in [3.8, 4) is 33.8 Å². The number of hydrogen-bond acceptors (Lipinski definition) is 4. The van der Waals surface area contributed by atoms with Crippen LogP contribution in [-0.4, -0.2) is 28.6 Å². The SMILES string of the molecule is Cc1cccc(-c2[nH]c(C3CC3)nc2-c2cccc(-c3ccc(NS(=O)(=O)C4CC4)cc3)c2)n1. The Morgan fingerprint density at radius 3 is 2.29 bits per heavy atom. The second kappa shape index (κ2) is 8.09. The molecule has 172 valence electrons. The van der Waals surface area contributed by atoms with Gasteiger partial charge in [-0.25, -0.2) is 13.4 Å². The number of aryl methyl sites for hydroxylation is 1. The first-order chi connectivity index (χ1) is 16.5. The summed E-state index contributed by atoms with van der Waals surface area (Å²) < 4.78 is 27.1. The third-order valence-corrected chi connectivity index (χ3v) is 8.28. The van der Waals surface area contributed by atoms with Crippen LogP contribution in [0.4, 0.5) is 5.69 Å². The number of anilines is 1. The van der Waals surface area contributed by atoms with Crippen molar-refractivity contribution in [2.75, 3.05) is 4.72 Å². The Bertz CT molecular complexity index is 1470. The number of aromatic amines is 1. The van der Waals surface area contributed by atoms with Crippen molar-refractivity contribution >= 4 is 15.7 Å². The monoisotopic (exact) mass is 470 g/mol. The molecule has 34 heavy (non-hydrogen) atoms. The van der Waals surface area contributed by atoms with Crippen molar-refractivity contribution in [3.63, 3.8) is 0 Å². The van der Waals surface area contributed by atoms with Crippen LogP contribution < -0.4 is 4.72 Å². The lowest BCUT2D eigenvalue weighted by atomic mass is 10.0. The first kappa shape index (κ1) is 21.1. The van der Waals surface area contributed by atoms with Crippen LogP contribution in [0, 0.1) is 6.92 Å². The quantitative estimate of drug-likeness (QED) is 0.352. The number of pyridine rings is 1. The molecule has 0 unspecified atom stereocenters. The molecule has 0 spiro atoms. The zero-order valence-corrected chi connectivity index (χ0v) is 19.8. The molecule has 6 rings (SSSR count). The van der Waals surface area contributed by atoms with Gasteiger partial charge < -0.3 is 4.98 Å². The molecule has 0 saturated heterocycles. The maximum atomic E-state index is 12.2. The zero-order chi connectivity index (χ0) is 23.3. The Morgan fingerprint density at radius 1 is 0.853 bits per heavy atom. The van der Waals surface area contributed by atoms with Crippen LogP contribution in [-0.2, 0) is 10.0 Å². The van der Waals surface area contributed by atoms with Gasteiger partial charge in [-0.05, 0) is 74.1 Å². The Kier molecular flexibility index (Phi) is 5.03. The summed E-state index contributed by atoms with van der Waals surface area (Å²) in [5.41, 5.74) is 7.42. The first-order valence-electron chi connectivity index (χ1n) is 11.7. The van der Waals surface area contributed by atoms with Crippen LogP contribution in [0.5, 0.6) is 0 Å². The summed E-state index contributed by atoms with van der Waals surface area (Å²) in [6.45, 7) is 2.00. The van der Waals surface area contributed by atoms with Crippen molar-refractivity contribution in [2.45, 2.75) is 43.8 Å². The van der Waals surface area contributed by atoms with E-state index in [1.807, 2.05) is 55.5 Å². The first-order valence-corrected chi connectivity index (χ1v) is 13.3. The third-order valence-electron chi connectivity index (χ3n) is 6.41. The van der Waals surface area contributed by atoms with Crippen molar-refractivity contribution in [1.29, 1.82) is 0 Å². The lowest BCUT2D eigenvalue weighted by Gasteiger charge is -2.09. The van der Waals surface area contributed by atoms with Gasteiger partial charge in [0.05, 0.1) is 22.3 Å². The second-order valence-corrected chi connectivity index (χ2v) is 11.2. The van der Waals surface area contributed by atoms with Crippen LogP contribution in [0.15, 0.2) is 66.7 Å². The van der Waals surface area contributed by atoms with E-state index < -0.39 is 10.0 Å². The largest absolute Gasteiger partial charge is 0.340 e.